The third-order valence-electron chi connectivity index (χ3n) is 3.48. The van der Waals surface area contributed by atoms with Gasteiger partial charge in [0.1, 0.15) is 0 Å². The topological polar surface area (TPSA) is 26.3 Å². The fraction of sp³-hybridized carbons (Fsp3) is 0.211. The second-order valence-corrected chi connectivity index (χ2v) is 5.61. The van der Waals surface area contributed by atoms with Gasteiger partial charge in [0, 0.05) is 0 Å². The third-order valence-corrected chi connectivity index (χ3v) is 3.48. The van der Waals surface area contributed by atoms with Gasteiger partial charge in [-0.2, -0.15) is 26.3 Å². The van der Waals surface area contributed by atoms with Gasteiger partial charge in [-0.25, -0.2) is 4.79 Å². The predicted molar refractivity (Wildman–Crippen MR) is 86.6 cm³/mol. The van der Waals surface area contributed by atoms with Crippen LogP contribution in [0.2, 0.25) is 0 Å². The van der Waals surface area contributed by atoms with Crippen molar-refractivity contribution in [3.05, 3.63) is 83.5 Å². The smallest absolute Gasteiger partial charge is 0.434 e. The maximum Gasteiger partial charge on any atom is 0.434 e. The minimum atomic E-state index is -5.76. The summed E-state index contributed by atoms with van der Waals surface area (Å²) in [6, 6.07) is 9.21. The van der Waals surface area contributed by atoms with E-state index < -0.39 is 30.0 Å². The molecular weight excluding hydrogens is 374 g/mol. The molecule has 1 aromatic carbocycles. The lowest BCUT2D eigenvalue weighted by Crippen LogP contribution is -2.45. The number of hydrogen-bond acceptors (Lipinski definition) is 2. The Labute approximate surface area is 151 Å². The number of halogens is 6. The van der Waals surface area contributed by atoms with Gasteiger partial charge in [0.2, 0.25) is 0 Å². The van der Waals surface area contributed by atoms with Crippen LogP contribution >= 0.6 is 0 Å². The number of carbonyl (C=O) groups is 1. The van der Waals surface area contributed by atoms with E-state index >= 15 is 0 Å². The maximum atomic E-state index is 12.5. The van der Waals surface area contributed by atoms with Crippen LogP contribution in [0.15, 0.2) is 77.9 Å². The van der Waals surface area contributed by atoms with Crippen LogP contribution in [-0.4, -0.2) is 24.4 Å². The summed E-state index contributed by atoms with van der Waals surface area (Å²) in [6.45, 7) is 0. The zero-order valence-electron chi connectivity index (χ0n) is 13.7. The van der Waals surface area contributed by atoms with Gasteiger partial charge in [0.15, 0.2) is 0 Å². The molecule has 8 heteroatoms. The largest absolute Gasteiger partial charge is 0.439 e. The molecule has 0 bridgehead atoms. The average molecular weight is 388 g/mol. The molecule has 0 N–H and O–H groups in total. The molecule has 0 fully saturated rings. The van der Waals surface area contributed by atoms with E-state index in [1.54, 1.807) is 6.08 Å². The second-order valence-electron chi connectivity index (χ2n) is 5.61. The van der Waals surface area contributed by atoms with Gasteiger partial charge in [0.05, 0.1) is 5.57 Å². The van der Waals surface area contributed by atoms with Crippen molar-refractivity contribution in [1.29, 1.82) is 0 Å². The number of benzene rings is 1. The highest BCUT2D eigenvalue weighted by atomic mass is 19.4. The molecule has 0 spiro atoms. The van der Waals surface area contributed by atoms with Crippen molar-refractivity contribution in [2.75, 3.05) is 0 Å². The highest BCUT2D eigenvalue weighted by Gasteiger charge is 2.60. The number of esters is 1. The Hall–Kier alpha value is -2.77. The van der Waals surface area contributed by atoms with Crippen molar-refractivity contribution < 1.29 is 35.9 Å². The van der Waals surface area contributed by atoms with Crippen molar-refractivity contribution in [3.8, 4) is 0 Å². The number of hydrogen-bond donors (Lipinski definition) is 0. The zero-order valence-corrected chi connectivity index (χ0v) is 13.7. The number of rotatable bonds is 4. The van der Waals surface area contributed by atoms with Gasteiger partial charge in [-0.15, -0.1) is 0 Å². The Morgan fingerprint density at radius 1 is 0.889 bits per heavy atom. The minimum absolute atomic E-state index is 0.427. The molecule has 2 rings (SSSR count). The lowest BCUT2D eigenvalue weighted by molar-refractivity contribution is -0.312. The zero-order chi connectivity index (χ0) is 20.1. The summed E-state index contributed by atoms with van der Waals surface area (Å²) < 4.78 is 78.9. The summed E-state index contributed by atoms with van der Waals surface area (Å²) in [6.07, 6.45) is -6.99. The number of ether oxygens (including phenoxy) is 1. The fourth-order valence-corrected chi connectivity index (χ4v) is 2.23. The van der Waals surface area contributed by atoms with E-state index in [9.17, 15) is 31.1 Å². The van der Waals surface area contributed by atoms with Crippen molar-refractivity contribution in [2.24, 2.45) is 0 Å². The van der Waals surface area contributed by atoms with Gasteiger partial charge in [-0.1, -0.05) is 54.6 Å². The van der Waals surface area contributed by atoms with Crippen LogP contribution in [0.5, 0.6) is 0 Å². The van der Waals surface area contributed by atoms with Crippen LogP contribution in [0.3, 0.4) is 0 Å². The number of allylic oxidation sites excluding steroid dienone is 6. The number of alkyl halides is 6. The van der Waals surface area contributed by atoms with Crippen LogP contribution in [0.1, 0.15) is 5.56 Å². The first kappa shape index (κ1) is 20.5. The van der Waals surface area contributed by atoms with Gasteiger partial charge in [0.25, 0.3) is 6.10 Å². The molecule has 1 aliphatic rings. The van der Waals surface area contributed by atoms with E-state index in [0.717, 1.165) is 17.7 Å². The first-order chi connectivity index (χ1) is 12.6. The van der Waals surface area contributed by atoms with E-state index in [1.807, 2.05) is 30.3 Å². The molecular formula is C19H14F6O2. The van der Waals surface area contributed by atoms with Gasteiger partial charge in [-0.05, 0) is 29.7 Å². The first-order valence-corrected chi connectivity index (χ1v) is 7.71. The normalized spacial score (nSPS) is 18.2. The van der Waals surface area contributed by atoms with E-state index in [1.165, 1.54) is 18.2 Å². The summed E-state index contributed by atoms with van der Waals surface area (Å²) in [5, 5.41) is 0. The second kappa shape index (κ2) is 8.28. The molecule has 0 aliphatic heterocycles. The summed E-state index contributed by atoms with van der Waals surface area (Å²) in [4.78, 5) is 11.8. The Balaban J connectivity index is 2.14. The van der Waals surface area contributed by atoms with Crippen LogP contribution in [0.25, 0.3) is 0 Å². The maximum absolute atomic E-state index is 12.5. The Kier molecular flexibility index (Phi) is 6.30. The SMILES string of the molecule is O=C(OC(C(F)(F)F)C(F)(F)F)C1=C/C=C\C=C(\Cc2ccccc2)C=C1. The Bertz CT molecular complexity index is 769. The number of carbonyl (C=O) groups excluding carboxylic acids is 1. The highest BCUT2D eigenvalue weighted by Crippen LogP contribution is 2.36. The monoisotopic (exact) mass is 388 g/mol. The van der Waals surface area contributed by atoms with Crippen LogP contribution in [-0.2, 0) is 16.0 Å². The average Bonchev–Trinajstić information content (AvgIpc) is 2.54. The molecule has 2 nitrogen and oxygen atoms in total. The molecule has 1 aliphatic carbocycles. The quantitative estimate of drug-likeness (QED) is 0.521. The van der Waals surface area contributed by atoms with E-state index in [-0.39, 0.29) is 0 Å². The molecule has 0 radical (unpaired) electrons. The first-order valence-electron chi connectivity index (χ1n) is 7.71. The molecule has 0 atom stereocenters. The molecule has 0 unspecified atom stereocenters. The molecule has 1 aromatic rings. The fourth-order valence-electron chi connectivity index (χ4n) is 2.23. The van der Waals surface area contributed by atoms with E-state index in [0.29, 0.717) is 12.0 Å². The van der Waals surface area contributed by atoms with E-state index in [2.05, 4.69) is 4.74 Å². The van der Waals surface area contributed by atoms with Crippen molar-refractivity contribution in [1.82, 2.24) is 0 Å². The highest BCUT2D eigenvalue weighted by molar-refractivity contribution is 5.92. The van der Waals surface area contributed by atoms with Crippen molar-refractivity contribution in [3.63, 3.8) is 0 Å². The van der Waals surface area contributed by atoms with Gasteiger partial charge >= 0.3 is 18.3 Å². The molecule has 27 heavy (non-hydrogen) atoms. The molecule has 0 aromatic heterocycles. The van der Waals surface area contributed by atoms with Crippen molar-refractivity contribution >= 4 is 5.97 Å². The summed E-state index contributed by atoms with van der Waals surface area (Å²) in [7, 11) is 0. The minimum Gasteiger partial charge on any atom is -0.439 e. The molecule has 0 amide bonds. The lowest BCUT2D eigenvalue weighted by Gasteiger charge is -2.23. The Morgan fingerprint density at radius 3 is 2.07 bits per heavy atom. The lowest BCUT2D eigenvalue weighted by atomic mass is 10.0. The van der Waals surface area contributed by atoms with Gasteiger partial charge in [-0.3, -0.25) is 0 Å². The molecule has 144 valence electrons. The van der Waals surface area contributed by atoms with Gasteiger partial charge < -0.3 is 4.74 Å². The van der Waals surface area contributed by atoms with Crippen LogP contribution in [0.4, 0.5) is 26.3 Å². The summed E-state index contributed by atoms with van der Waals surface area (Å²) in [5.74, 6) is -1.71. The summed E-state index contributed by atoms with van der Waals surface area (Å²) >= 11 is 0. The third kappa shape index (κ3) is 6.16. The predicted octanol–water partition coefficient (Wildman–Crippen LogP) is 5.24. The summed E-state index contributed by atoms with van der Waals surface area (Å²) in [5.41, 5.74) is 1.23. The van der Waals surface area contributed by atoms with Crippen LogP contribution in [0, 0.1) is 0 Å². The van der Waals surface area contributed by atoms with Crippen molar-refractivity contribution in [2.45, 2.75) is 24.9 Å². The standard InChI is InChI=1S/C19H14F6O2/c20-18(21,22)17(19(23,24)25)27-16(26)15-9-5-4-8-14(10-11-15)12-13-6-2-1-3-7-13/h1-11,17H,12H2/b5-4-,8-4?,9-5?,11-10?,14-8+,14-10?,15-9?,15-11?. The Morgan fingerprint density at radius 2 is 1.48 bits per heavy atom. The van der Waals surface area contributed by atoms with Crippen LogP contribution < -0.4 is 0 Å². The molecule has 0 saturated carbocycles. The molecule has 0 heterocycles. The van der Waals surface area contributed by atoms with E-state index in [4.69, 9.17) is 0 Å². The molecule has 0 saturated heterocycles.